The normalized spacial score (nSPS) is 31.6. The number of hydrogen-bond acceptors (Lipinski definition) is 5. The fourth-order valence-electron chi connectivity index (χ4n) is 7.38. The quantitative estimate of drug-likeness (QED) is 0.403. The van der Waals surface area contributed by atoms with Crippen molar-refractivity contribution in [2.45, 2.75) is 82.8 Å². The Morgan fingerprint density at radius 3 is 2.72 bits per heavy atom. The minimum atomic E-state index is -0.623. The summed E-state index contributed by atoms with van der Waals surface area (Å²) in [6.45, 7) is 2.51. The summed E-state index contributed by atoms with van der Waals surface area (Å²) in [5.74, 6) is 8.19. The Kier molecular flexibility index (Phi) is 6.05. The average molecular weight is 503 g/mol. The molecule has 36 heavy (non-hydrogen) atoms. The minimum Gasteiger partial charge on any atom is -0.447 e. The van der Waals surface area contributed by atoms with Crippen LogP contribution in [0.5, 0.6) is 0 Å². The lowest BCUT2D eigenvalue weighted by Gasteiger charge is -2.56. The zero-order chi connectivity index (χ0) is 24.9. The van der Waals surface area contributed by atoms with Gasteiger partial charge in [-0.2, -0.15) is 0 Å². The van der Waals surface area contributed by atoms with Crippen LogP contribution in [-0.2, 0) is 27.9 Å². The molecular formula is C30H34N2O3S. The van der Waals surface area contributed by atoms with Crippen LogP contribution in [-0.4, -0.2) is 34.0 Å². The molecule has 188 valence electrons. The van der Waals surface area contributed by atoms with Crippen LogP contribution in [0.25, 0.3) is 0 Å². The minimum absolute atomic E-state index is 0.130. The Labute approximate surface area is 219 Å². The van der Waals surface area contributed by atoms with Crippen LogP contribution in [0, 0.1) is 29.1 Å². The van der Waals surface area contributed by atoms with E-state index in [0.717, 1.165) is 50.5 Å². The second-order valence-corrected chi connectivity index (χ2v) is 11.6. The zero-order valence-electron chi connectivity index (χ0n) is 21.2. The molecule has 2 atom stereocenters. The maximum atomic E-state index is 14.9. The van der Waals surface area contributed by atoms with E-state index in [1.54, 1.807) is 17.4 Å². The van der Waals surface area contributed by atoms with Gasteiger partial charge in [0, 0.05) is 25.0 Å². The smallest absolute Gasteiger partial charge is 0.239 e. The van der Waals surface area contributed by atoms with Gasteiger partial charge < -0.3 is 9.15 Å². The van der Waals surface area contributed by atoms with Crippen LogP contribution >= 0.6 is 12.2 Å². The molecule has 2 spiro atoms. The van der Waals surface area contributed by atoms with Crippen molar-refractivity contribution in [3.05, 3.63) is 53.2 Å². The molecule has 1 saturated heterocycles. The average Bonchev–Trinajstić information content (AvgIpc) is 3.50. The Morgan fingerprint density at radius 1 is 1.25 bits per heavy atom. The number of fused-ring (bicyclic) bond motifs is 3. The first-order valence-corrected chi connectivity index (χ1v) is 13.8. The number of rotatable bonds is 4. The lowest BCUT2D eigenvalue weighted by Crippen LogP contribution is -2.64. The number of ether oxygens (including phenoxy) is 1. The van der Waals surface area contributed by atoms with Gasteiger partial charge in [0.1, 0.15) is 12.8 Å². The third-order valence-corrected chi connectivity index (χ3v) is 9.69. The molecular weight excluding hydrogens is 468 g/mol. The molecule has 2 saturated carbocycles. The van der Waals surface area contributed by atoms with Crippen LogP contribution in [0.3, 0.4) is 0 Å². The molecule has 3 aliphatic carbocycles. The number of carbonyl (C=O) groups excluding carboxylic acids is 1. The highest BCUT2D eigenvalue weighted by Crippen LogP contribution is 2.65. The van der Waals surface area contributed by atoms with Gasteiger partial charge in [-0.25, -0.2) is 4.98 Å². The molecule has 5 nitrogen and oxygen atoms in total. The molecule has 0 N–H and O–H groups in total. The van der Waals surface area contributed by atoms with Crippen molar-refractivity contribution in [1.82, 2.24) is 9.88 Å². The molecule has 2 heterocycles. The number of aromatic nitrogens is 1. The Balaban J connectivity index is 1.50. The summed E-state index contributed by atoms with van der Waals surface area (Å²) >= 11 is 5.86. The highest BCUT2D eigenvalue weighted by molar-refractivity contribution is 7.80. The second kappa shape index (κ2) is 9.11. The summed E-state index contributed by atoms with van der Waals surface area (Å²) in [7, 11) is 1.81. The number of piperidine rings is 1. The number of nitrogens with zero attached hydrogens (tertiary/aromatic N) is 2. The van der Waals surface area contributed by atoms with Gasteiger partial charge in [-0.3, -0.25) is 9.69 Å². The fraction of sp³-hybridized carbons (Fsp3) is 0.567. The van der Waals surface area contributed by atoms with E-state index in [4.69, 9.17) is 21.4 Å². The summed E-state index contributed by atoms with van der Waals surface area (Å²) in [5.41, 5.74) is 2.76. The van der Waals surface area contributed by atoms with Crippen molar-refractivity contribution >= 4 is 23.1 Å². The number of amides is 1. The molecule has 1 aromatic carbocycles. The van der Waals surface area contributed by atoms with Crippen LogP contribution in [0.1, 0.15) is 80.9 Å². The summed E-state index contributed by atoms with van der Waals surface area (Å²) in [5, 5.41) is 0. The molecule has 0 radical (unpaired) electrons. The van der Waals surface area contributed by atoms with Gasteiger partial charge in [-0.15, -0.1) is 0 Å². The molecule has 1 amide bonds. The van der Waals surface area contributed by atoms with Crippen molar-refractivity contribution < 1.29 is 13.9 Å². The van der Waals surface area contributed by atoms with Gasteiger partial charge in [0.25, 0.3) is 0 Å². The van der Waals surface area contributed by atoms with Gasteiger partial charge in [-0.05, 0) is 79.5 Å². The number of oxazole rings is 1. The molecule has 2 unspecified atom stereocenters. The van der Waals surface area contributed by atoms with E-state index >= 15 is 0 Å². The first-order valence-electron chi connectivity index (χ1n) is 13.4. The Morgan fingerprint density at radius 2 is 2.06 bits per heavy atom. The summed E-state index contributed by atoms with van der Waals surface area (Å²) < 4.78 is 11.3. The number of hydrogen-bond donors (Lipinski definition) is 0. The topological polar surface area (TPSA) is 55.6 Å². The number of thiocarbonyl (C=S) groups is 1. The van der Waals surface area contributed by atoms with Gasteiger partial charge >= 0.3 is 0 Å². The van der Waals surface area contributed by atoms with Crippen LogP contribution in [0.2, 0.25) is 0 Å². The maximum Gasteiger partial charge on any atom is 0.239 e. The van der Waals surface area contributed by atoms with Gasteiger partial charge in [0.05, 0.1) is 22.7 Å². The van der Waals surface area contributed by atoms with Crippen molar-refractivity contribution in [2.75, 3.05) is 7.11 Å². The monoisotopic (exact) mass is 502 g/mol. The third kappa shape index (κ3) is 3.66. The SMILES string of the molecule is CCC1CC(=S)N(Cc2ncco2)C(=O)C12c1cc(C#CC3CC3)ccc1CC21CCC(OC)CC1. The number of methoxy groups -OCH3 is 1. The molecule has 1 aliphatic heterocycles. The Bertz CT molecular complexity index is 1230. The van der Waals surface area contributed by atoms with E-state index < -0.39 is 5.41 Å². The lowest BCUT2D eigenvalue weighted by molar-refractivity contribution is -0.148. The third-order valence-electron chi connectivity index (χ3n) is 9.31. The molecule has 3 fully saturated rings. The first kappa shape index (κ1) is 23.9. The van der Waals surface area contributed by atoms with E-state index in [2.05, 4.69) is 41.9 Å². The molecule has 2 aromatic rings. The molecule has 1 aromatic heterocycles. The maximum absolute atomic E-state index is 14.9. The highest BCUT2D eigenvalue weighted by atomic mass is 32.1. The Hall–Kier alpha value is -2.49. The molecule has 6 rings (SSSR count). The second-order valence-electron chi connectivity index (χ2n) is 11.1. The largest absolute Gasteiger partial charge is 0.447 e. The van der Waals surface area contributed by atoms with E-state index in [9.17, 15) is 4.79 Å². The summed E-state index contributed by atoms with van der Waals surface area (Å²) in [6, 6.07) is 6.65. The van der Waals surface area contributed by atoms with E-state index in [1.165, 1.54) is 24.0 Å². The molecule has 6 heteroatoms. The van der Waals surface area contributed by atoms with Crippen molar-refractivity contribution in [3.8, 4) is 11.8 Å². The number of likely N-dealkylation sites (tertiary alicyclic amines) is 1. The van der Waals surface area contributed by atoms with Crippen LogP contribution < -0.4 is 0 Å². The van der Waals surface area contributed by atoms with Crippen molar-refractivity contribution in [3.63, 3.8) is 0 Å². The first-order chi connectivity index (χ1) is 17.5. The van der Waals surface area contributed by atoms with E-state index in [0.29, 0.717) is 16.8 Å². The summed E-state index contributed by atoms with van der Waals surface area (Å²) in [4.78, 5) is 21.7. The molecule has 4 aliphatic rings. The number of carbonyl (C=O) groups is 1. The highest BCUT2D eigenvalue weighted by Gasteiger charge is 2.67. The standard InChI is InChI=1S/C30H34N2O3S/c1-3-23-17-27(36)32(19-26-31-14-15-35-26)28(33)30(23)25-16-21(7-6-20-4-5-20)8-9-22(25)18-29(30)12-10-24(34-2)11-13-29/h8-9,14-16,20,23-24H,3-5,10-13,17-19H2,1-2H3. The zero-order valence-corrected chi connectivity index (χ0v) is 22.0. The predicted molar refractivity (Wildman–Crippen MR) is 141 cm³/mol. The van der Waals surface area contributed by atoms with Gasteiger partial charge in [-0.1, -0.05) is 43.5 Å². The molecule has 0 bridgehead atoms. The van der Waals surface area contributed by atoms with Gasteiger partial charge in [0.2, 0.25) is 11.8 Å². The fourth-order valence-corrected chi connectivity index (χ4v) is 7.72. The van der Waals surface area contributed by atoms with E-state index in [1.807, 2.05) is 7.11 Å². The lowest BCUT2D eigenvalue weighted by atomic mass is 9.50. The van der Waals surface area contributed by atoms with Crippen molar-refractivity contribution in [2.24, 2.45) is 17.3 Å². The van der Waals surface area contributed by atoms with Crippen molar-refractivity contribution in [1.29, 1.82) is 0 Å². The number of benzene rings is 1. The van der Waals surface area contributed by atoms with Crippen LogP contribution in [0.4, 0.5) is 0 Å². The van der Waals surface area contributed by atoms with E-state index in [-0.39, 0.29) is 29.9 Å². The van der Waals surface area contributed by atoms with Crippen LogP contribution in [0.15, 0.2) is 35.1 Å². The predicted octanol–water partition coefficient (Wildman–Crippen LogP) is 5.59. The van der Waals surface area contributed by atoms with Gasteiger partial charge in [0.15, 0.2) is 0 Å². The summed E-state index contributed by atoms with van der Waals surface area (Å²) in [6.07, 6.45) is 12.3.